The van der Waals surface area contributed by atoms with Gasteiger partial charge in [0, 0.05) is 5.33 Å². The van der Waals surface area contributed by atoms with E-state index in [9.17, 15) is 10.2 Å². The van der Waals surface area contributed by atoms with E-state index in [1.54, 1.807) is 18.2 Å². The normalized spacial score (nSPS) is 14.7. The van der Waals surface area contributed by atoms with Crippen LogP contribution in [0.15, 0.2) is 18.2 Å². The first-order valence-corrected chi connectivity index (χ1v) is 5.57. The standard InChI is InChI=1S/C10H14BrNO3/c1-15-9-4-6(2-3-7(9)12)10(14)8(13)5-11/h2-4,8,10,13-14H,5,12H2,1H3. The molecule has 0 aromatic heterocycles. The van der Waals surface area contributed by atoms with E-state index < -0.39 is 12.2 Å². The van der Waals surface area contributed by atoms with Gasteiger partial charge in [0.25, 0.3) is 0 Å². The number of anilines is 1. The molecule has 0 spiro atoms. The van der Waals surface area contributed by atoms with Crippen LogP contribution in [0.3, 0.4) is 0 Å². The van der Waals surface area contributed by atoms with Crippen LogP contribution in [-0.4, -0.2) is 28.8 Å². The molecule has 1 rings (SSSR count). The summed E-state index contributed by atoms with van der Waals surface area (Å²) in [5.74, 6) is 0.494. The van der Waals surface area contributed by atoms with Crippen LogP contribution in [0.2, 0.25) is 0 Å². The lowest BCUT2D eigenvalue weighted by Crippen LogP contribution is -2.19. The van der Waals surface area contributed by atoms with Crippen molar-refractivity contribution in [3.05, 3.63) is 23.8 Å². The van der Waals surface area contributed by atoms with Gasteiger partial charge in [-0.15, -0.1) is 0 Å². The van der Waals surface area contributed by atoms with Crippen molar-refractivity contribution in [2.24, 2.45) is 0 Å². The van der Waals surface area contributed by atoms with E-state index >= 15 is 0 Å². The Labute approximate surface area is 96.8 Å². The molecule has 2 unspecified atom stereocenters. The number of nitrogen functional groups attached to an aromatic ring is 1. The zero-order valence-corrected chi connectivity index (χ0v) is 9.94. The quantitative estimate of drug-likeness (QED) is 0.568. The summed E-state index contributed by atoms with van der Waals surface area (Å²) in [6.07, 6.45) is -1.79. The van der Waals surface area contributed by atoms with Crippen molar-refractivity contribution in [1.82, 2.24) is 0 Å². The van der Waals surface area contributed by atoms with E-state index in [-0.39, 0.29) is 0 Å². The van der Waals surface area contributed by atoms with Crippen molar-refractivity contribution < 1.29 is 14.9 Å². The molecule has 0 aliphatic carbocycles. The molecule has 1 aromatic rings. The van der Waals surface area contributed by atoms with Gasteiger partial charge < -0.3 is 20.7 Å². The Kier molecular flexibility index (Phi) is 4.38. The lowest BCUT2D eigenvalue weighted by Gasteiger charge is -2.17. The van der Waals surface area contributed by atoms with E-state index in [4.69, 9.17) is 10.5 Å². The number of hydrogen-bond acceptors (Lipinski definition) is 4. The fourth-order valence-corrected chi connectivity index (χ4v) is 1.57. The summed E-state index contributed by atoms with van der Waals surface area (Å²) < 4.78 is 5.02. The van der Waals surface area contributed by atoms with Gasteiger partial charge in [-0.1, -0.05) is 22.0 Å². The number of halogens is 1. The average molecular weight is 276 g/mol. The minimum absolute atomic E-state index is 0.306. The summed E-state index contributed by atoms with van der Waals surface area (Å²) in [5.41, 5.74) is 6.71. The highest BCUT2D eigenvalue weighted by Gasteiger charge is 2.18. The van der Waals surface area contributed by atoms with Crippen molar-refractivity contribution in [1.29, 1.82) is 0 Å². The van der Waals surface area contributed by atoms with Crippen LogP contribution in [-0.2, 0) is 0 Å². The molecule has 0 amide bonds. The predicted octanol–water partition coefficient (Wildman–Crippen LogP) is 1.07. The first kappa shape index (κ1) is 12.3. The van der Waals surface area contributed by atoms with E-state index in [2.05, 4.69) is 15.9 Å². The lowest BCUT2D eigenvalue weighted by molar-refractivity contribution is 0.0342. The Morgan fingerprint density at radius 1 is 1.47 bits per heavy atom. The molecule has 0 aliphatic heterocycles. The molecule has 0 heterocycles. The molecule has 0 aliphatic rings. The second kappa shape index (κ2) is 5.34. The third-order valence-electron chi connectivity index (χ3n) is 2.12. The van der Waals surface area contributed by atoms with Crippen molar-refractivity contribution in [2.75, 3.05) is 18.2 Å². The largest absolute Gasteiger partial charge is 0.495 e. The number of hydrogen-bond donors (Lipinski definition) is 3. The number of methoxy groups -OCH3 is 1. The van der Waals surface area contributed by atoms with Gasteiger partial charge in [0.1, 0.15) is 11.9 Å². The molecule has 5 heteroatoms. The Morgan fingerprint density at radius 3 is 2.67 bits per heavy atom. The first-order chi connectivity index (χ1) is 7.10. The fourth-order valence-electron chi connectivity index (χ4n) is 1.22. The molecule has 0 bridgehead atoms. The van der Waals surface area contributed by atoms with Crippen molar-refractivity contribution in [3.63, 3.8) is 0 Å². The highest BCUT2D eigenvalue weighted by molar-refractivity contribution is 9.09. The maximum Gasteiger partial charge on any atom is 0.142 e. The first-order valence-electron chi connectivity index (χ1n) is 4.45. The molecule has 0 radical (unpaired) electrons. The summed E-state index contributed by atoms with van der Waals surface area (Å²) in [4.78, 5) is 0. The number of rotatable bonds is 4. The number of aliphatic hydroxyl groups excluding tert-OH is 2. The average Bonchev–Trinajstić information content (AvgIpc) is 2.27. The number of aliphatic hydroxyl groups is 2. The number of benzene rings is 1. The highest BCUT2D eigenvalue weighted by atomic mass is 79.9. The maximum absolute atomic E-state index is 9.72. The van der Waals surface area contributed by atoms with E-state index in [1.165, 1.54) is 7.11 Å². The van der Waals surface area contributed by atoms with Crippen molar-refractivity contribution in [2.45, 2.75) is 12.2 Å². The molecular weight excluding hydrogens is 262 g/mol. The number of ether oxygens (including phenoxy) is 1. The monoisotopic (exact) mass is 275 g/mol. The summed E-state index contributed by atoms with van der Waals surface area (Å²) in [7, 11) is 1.50. The van der Waals surface area contributed by atoms with Gasteiger partial charge in [-0.25, -0.2) is 0 Å². The third-order valence-corrected chi connectivity index (χ3v) is 2.78. The van der Waals surface area contributed by atoms with Gasteiger partial charge in [0.2, 0.25) is 0 Å². The second-order valence-electron chi connectivity index (χ2n) is 3.17. The van der Waals surface area contributed by atoms with Crippen LogP contribution in [0.4, 0.5) is 5.69 Å². The van der Waals surface area contributed by atoms with Gasteiger partial charge in [-0.3, -0.25) is 0 Å². The van der Waals surface area contributed by atoms with Gasteiger partial charge >= 0.3 is 0 Å². The fraction of sp³-hybridized carbons (Fsp3) is 0.400. The van der Waals surface area contributed by atoms with Crippen molar-refractivity contribution >= 4 is 21.6 Å². The summed E-state index contributed by atoms with van der Waals surface area (Å²) >= 11 is 3.10. The summed E-state index contributed by atoms with van der Waals surface area (Å²) in [5, 5.41) is 19.5. The molecule has 84 valence electrons. The zero-order chi connectivity index (χ0) is 11.4. The third kappa shape index (κ3) is 2.84. The van der Waals surface area contributed by atoms with E-state index in [0.29, 0.717) is 22.3 Å². The van der Waals surface area contributed by atoms with E-state index in [0.717, 1.165) is 0 Å². The van der Waals surface area contributed by atoms with Gasteiger partial charge in [0.15, 0.2) is 0 Å². The smallest absolute Gasteiger partial charge is 0.142 e. The molecule has 4 N–H and O–H groups in total. The topological polar surface area (TPSA) is 75.7 Å². The summed E-state index contributed by atoms with van der Waals surface area (Å²) in [6, 6.07) is 4.92. The highest BCUT2D eigenvalue weighted by Crippen LogP contribution is 2.27. The molecule has 4 nitrogen and oxygen atoms in total. The number of alkyl halides is 1. The molecule has 1 aromatic carbocycles. The van der Waals surface area contributed by atoms with Crippen LogP contribution in [0.5, 0.6) is 5.75 Å². The summed E-state index contributed by atoms with van der Waals surface area (Å²) in [6.45, 7) is 0. The Hall–Kier alpha value is -0.780. The SMILES string of the molecule is COc1cc(C(O)C(O)CBr)ccc1N. The Bertz CT molecular complexity index is 332. The Balaban J connectivity index is 2.95. The molecule has 0 saturated heterocycles. The van der Waals surface area contributed by atoms with Crippen LogP contribution in [0.1, 0.15) is 11.7 Å². The Morgan fingerprint density at radius 2 is 2.13 bits per heavy atom. The lowest BCUT2D eigenvalue weighted by atomic mass is 10.0. The predicted molar refractivity (Wildman–Crippen MR) is 62.2 cm³/mol. The van der Waals surface area contributed by atoms with Gasteiger partial charge in [-0.2, -0.15) is 0 Å². The van der Waals surface area contributed by atoms with E-state index in [1.807, 2.05) is 0 Å². The zero-order valence-electron chi connectivity index (χ0n) is 8.35. The molecular formula is C10H14BrNO3. The van der Waals surface area contributed by atoms with Crippen LogP contribution in [0, 0.1) is 0 Å². The second-order valence-corrected chi connectivity index (χ2v) is 3.82. The van der Waals surface area contributed by atoms with Gasteiger partial charge in [-0.05, 0) is 17.7 Å². The van der Waals surface area contributed by atoms with Crippen LogP contribution < -0.4 is 10.5 Å². The minimum Gasteiger partial charge on any atom is -0.495 e. The maximum atomic E-state index is 9.72. The van der Waals surface area contributed by atoms with Crippen molar-refractivity contribution in [3.8, 4) is 5.75 Å². The molecule has 0 fully saturated rings. The van der Waals surface area contributed by atoms with Crippen LogP contribution >= 0.6 is 15.9 Å². The van der Waals surface area contributed by atoms with Gasteiger partial charge in [0.05, 0.1) is 18.9 Å². The minimum atomic E-state index is -0.945. The molecule has 15 heavy (non-hydrogen) atoms. The molecule has 2 atom stereocenters. The molecule has 0 saturated carbocycles. The van der Waals surface area contributed by atoms with Crippen LogP contribution in [0.25, 0.3) is 0 Å². The number of nitrogens with two attached hydrogens (primary N) is 1.